The van der Waals surface area contributed by atoms with Crippen molar-refractivity contribution in [2.75, 3.05) is 25.1 Å². The fourth-order valence-corrected chi connectivity index (χ4v) is 3.67. The summed E-state index contributed by atoms with van der Waals surface area (Å²) in [5, 5.41) is 12.0. The van der Waals surface area contributed by atoms with Gasteiger partial charge in [0.05, 0.1) is 43.1 Å². The van der Waals surface area contributed by atoms with Gasteiger partial charge < -0.3 is 23.9 Å². The molecule has 2 aromatic heterocycles. The number of anilines is 2. The van der Waals surface area contributed by atoms with Gasteiger partial charge in [0.15, 0.2) is 11.4 Å². The lowest BCUT2D eigenvalue weighted by Gasteiger charge is -2.14. The molecule has 8 nitrogen and oxygen atoms in total. The highest BCUT2D eigenvalue weighted by Gasteiger charge is 2.19. The summed E-state index contributed by atoms with van der Waals surface area (Å²) in [6.45, 7) is 6.35. The topological polar surface area (TPSA) is 95.7 Å². The van der Waals surface area contributed by atoms with Gasteiger partial charge in [-0.1, -0.05) is 6.07 Å². The number of rotatable bonds is 11. The summed E-state index contributed by atoms with van der Waals surface area (Å²) in [6.07, 6.45) is 1.47. The molecule has 0 saturated carbocycles. The van der Waals surface area contributed by atoms with Crippen LogP contribution >= 0.6 is 0 Å². The quantitative estimate of drug-likeness (QED) is 0.199. The van der Waals surface area contributed by atoms with E-state index in [1.807, 2.05) is 13.8 Å². The van der Waals surface area contributed by atoms with E-state index in [0.29, 0.717) is 34.4 Å². The van der Waals surface area contributed by atoms with Gasteiger partial charge in [-0.2, -0.15) is 0 Å². The van der Waals surface area contributed by atoms with Crippen LogP contribution in [-0.4, -0.2) is 42.1 Å². The molecule has 0 atom stereocenters. The Morgan fingerprint density at radius 2 is 1.92 bits per heavy atom. The summed E-state index contributed by atoms with van der Waals surface area (Å²) < 4.78 is 50.6. The van der Waals surface area contributed by atoms with E-state index in [-0.39, 0.29) is 43.0 Å². The third kappa shape index (κ3) is 6.39. The van der Waals surface area contributed by atoms with Gasteiger partial charge in [0.2, 0.25) is 0 Å². The van der Waals surface area contributed by atoms with E-state index in [4.69, 9.17) is 18.6 Å². The highest BCUT2D eigenvalue weighted by atomic mass is 19.1. The number of aromatic nitrogens is 2. The molecule has 194 valence electrons. The lowest BCUT2D eigenvalue weighted by molar-refractivity contribution is -0.142. The lowest BCUT2D eigenvalue weighted by Crippen LogP contribution is -2.11. The van der Waals surface area contributed by atoms with Crippen LogP contribution in [0.2, 0.25) is 0 Å². The molecule has 4 aromatic rings. The zero-order valence-electron chi connectivity index (χ0n) is 20.7. The molecule has 1 N–H and O–H groups in total. The number of halogens is 2. The first-order valence-corrected chi connectivity index (χ1v) is 11.8. The Balaban J connectivity index is 1.59. The predicted octanol–water partition coefficient (Wildman–Crippen LogP) is 5.82. The van der Waals surface area contributed by atoms with Crippen molar-refractivity contribution in [1.82, 2.24) is 10.2 Å². The second kappa shape index (κ2) is 11.8. The van der Waals surface area contributed by atoms with Gasteiger partial charge in [-0.3, -0.25) is 4.79 Å². The minimum atomic E-state index is -0.567. The van der Waals surface area contributed by atoms with E-state index >= 15 is 0 Å². The Kier molecular flexibility index (Phi) is 8.29. The minimum absolute atomic E-state index is 0.0306. The highest BCUT2D eigenvalue weighted by Crippen LogP contribution is 2.37. The second-order valence-corrected chi connectivity index (χ2v) is 8.39. The molecular formula is C27H27F2N3O5. The van der Waals surface area contributed by atoms with Gasteiger partial charge in [0, 0.05) is 11.6 Å². The normalized spacial score (nSPS) is 11.2. The molecule has 0 aliphatic heterocycles. The van der Waals surface area contributed by atoms with Crippen LogP contribution in [0.4, 0.5) is 20.3 Å². The van der Waals surface area contributed by atoms with Crippen LogP contribution in [0.5, 0.6) is 5.75 Å². The van der Waals surface area contributed by atoms with Gasteiger partial charge >= 0.3 is 5.97 Å². The van der Waals surface area contributed by atoms with Crippen LogP contribution in [-0.2, 0) is 20.7 Å². The van der Waals surface area contributed by atoms with Crippen molar-refractivity contribution in [3.8, 4) is 17.0 Å². The third-order valence-corrected chi connectivity index (χ3v) is 5.32. The Morgan fingerprint density at radius 3 is 2.68 bits per heavy atom. The number of esters is 1. The molecule has 0 amide bonds. The summed E-state index contributed by atoms with van der Waals surface area (Å²) in [6, 6.07) is 10.2. The number of furan rings is 1. The maximum absolute atomic E-state index is 14.8. The molecule has 4 rings (SSSR count). The van der Waals surface area contributed by atoms with E-state index in [1.165, 1.54) is 36.6 Å². The zero-order valence-corrected chi connectivity index (χ0v) is 20.7. The van der Waals surface area contributed by atoms with Crippen LogP contribution in [0, 0.1) is 11.6 Å². The summed E-state index contributed by atoms with van der Waals surface area (Å²) in [4.78, 5) is 11.7. The first-order valence-electron chi connectivity index (χ1n) is 11.8. The predicted molar refractivity (Wildman–Crippen MR) is 134 cm³/mol. The second-order valence-electron chi connectivity index (χ2n) is 8.39. The number of benzene rings is 2. The highest BCUT2D eigenvalue weighted by molar-refractivity contribution is 5.98. The monoisotopic (exact) mass is 511 g/mol. The smallest absolute Gasteiger partial charge is 0.310 e. The fraction of sp³-hybridized carbons (Fsp3) is 0.296. The van der Waals surface area contributed by atoms with E-state index < -0.39 is 17.6 Å². The van der Waals surface area contributed by atoms with Crippen LogP contribution in [0.3, 0.4) is 0 Å². The average molecular weight is 512 g/mol. The Hall–Kier alpha value is -4.05. The van der Waals surface area contributed by atoms with Crippen molar-refractivity contribution < 1.29 is 32.2 Å². The minimum Gasteiger partial charge on any atom is -0.490 e. The molecule has 0 aliphatic carbocycles. The van der Waals surface area contributed by atoms with Crippen molar-refractivity contribution >= 4 is 28.4 Å². The number of ether oxygens (including phenoxy) is 3. The molecule has 37 heavy (non-hydrogen) atoms. The fourth-order valence-electron chi connectivity index (χ4n) is 3.67. The number of fused-ring (bicyclic) bond motifs is 1. The third-order valence-electron chi connectivity index (χ3n) is 5.32. The largest absolute Gasteiger partial charge is 0.490 e. The van der Waals surface area contributed by atoms with Gasteiger partial charge in [0.25, 0.3) is 0 Å². The maximum Gasteiger partial charge on any atom is 0.310 e. The van der Waals surface area contributed by atoms with Crippen molar-refractivity contribution in [3.05, 3.63) is 65.9 Å². The first kappa shape index (κ1) is 26.0. The summed E-state index contributed by atoms with van der Waals surface area (Å²) in [5.74, 6) is -0.932. The van der Waals surface area contributed by atoms with Crippen LogP contribution in [0.1, 0.15) is 26.3 Å². The molecule has 0 radical (unpaired) electrons. The van der Waals surface area contributed by atoms with Crippen LogP contribution in [0.15, 0.2) is 53.1 Å². The van der Waals surface area contributed by atoms with Gasteiger partial charge in [-0.05, 0) is 56.7 Å². The molecule has 0 aliphatic rings. The molecule has 0 fully saturated rings. The molecule has 2 heterocycles. The number of hydrogen-bond donors (Lipinski definition) is 1. The molecule has 10 heteroatoms. The van der Waals surface area contributed by atoms with Gasteiger partial charge in [-0.15, -0.1) is 10.2 Å². The average Bonchev–Trinajstić information content (AvgIpc) is 3.35. The SMILES string of the molecule is CCOC(=O)Cc1ccc(Nc2nnc(-c3ccc(F)cc3OCCOC(C)C)c3occc23)c(F)c1. The van der Waals surface area contributed by atoms with Crippen molar-refractivity contribution in [3.63, 3.8) is 0 Å². The molecule has 0 spiro atoms. The molecule has 0 bridgehead atoms. The number of hydrogen-bond acceptors (Lipinski definition) is 8. The summed E-state index contributed by atoms with van der Waals surface area (Å²) in [5.41, 5.74) is 1.83. The van der Waals surface area contributed by atoms with Gasteiger partial charge in [0.1, 0.15) is 29.7 Å². The van der Waals surface area contributed by atoms with Crippen molar-refractivity contribution in [1.29, 1.82) is 0 Å². The van der Waals surface area contributed by atoms with E-state index in [0.717, 1.165) is 0 Å². The summed E-state index contributed by atoms with van der Waals surface area (Å²) >= 11 is 0. The van der Waals surface area contributed by atoms with Crippen LogP contribution in [0.25, 0.3) is 22.2 Å². The number of carbonyl (C=O) groups is 1. The van der Waals surface area contributed by atoms with Crippen molar-refractivity contribution in [2.24, 2.45) is 0 Å². The Labute approximate surface area is 212 Å². The maximum atomic E-state index is 14.8. The first-order chi connectivity index (χ1) is 17.9. The van der Waals surface area contributed by atoms with E-state index in [9.17, 15) is 13.6 Å². The molecule has 2 aromatic carbocycles. The standard InChI is InChI=1S/C27H27F2N3O5/c1-4-34-24(33)14-17-5-8-22(21(29)13-17)30-27-20-9-10-37-26(20)25(31-32-27)19-7-6-18(28)15-23(19)36-12-11-35-16(2)3/h5-10,13,15-16H,4,11-12,14H2,1-3H3,(H,30,32). The molecule has 0 saturated heterocycles. The van der Waals surface area contributed by atoms with Crippen LogP contribution < -0.4 is 10.1 Å². The number of nitrogens with one attached hydrogen (secondary N) is 1. The number of nitrogens with zero attached hydrogens (tertiary/aromatic N) is 2. The lowest BCUT2D eigenvalue weighted by atomic mass is 10.1. The Morgan fingerprint density at radius 1 is 1.08 bits per heavy atom. The van der Waals surface area contributed by atoms with Crippen molar-refractivity contribution in [2.45, 2.75) is 33.3 Å². The van der Waals surface area contributed by atoms with E-state index in [1.54, 1.807) is 19.1 Å². The zero-order chi connectivity index (χ0) is 26.4. The Bertz CT molecular complexity index is 1390. The number of carbonyl (C=O) groups excluding carboxylic acids is 1. The molecular weight excluding hydrogens is 484 g/mol. The van der Waals surface area contributed by atoms with E-state index in [2.05, 4.69) is 15.5 Å². The van der Waals surface area contributed by atoms with Gasteiger partial charge in [-0.25, -0.2) is 8.78 Å². The molecule has 0 unspecified atom stereocenters. The summed E-state index contributed by atoms with van der Waals surface area (Å²) in [7, 11) is 0.